The lowest BCUT2D eigenvalue weighted by molar-refractivity contribution is -0.142. The van der Waals surface area contributed by atoms with Gasteiger partial charge in [0.2, 0.25) is 5.91 Å². The fraction of sp³-hybridized carbons (Fsp3) is 0.333. The molecular weight excluding hydrogens is 436 g/mol. The van der Waals surface area contributed by atoms with Crippen LogP contribution in [0.2, 0.25) is 0 Å². The van der Waals surface area contributed by atoms with Crippen molar-refractivity contribution in [3.05, 3.63) is 101 Å². The summed E-state index contributed by atoms with van der Waals surface area (Å²) in [4.78, 5) is 28.6. The van der Waals surface area contributed by atoms with Gasteiger partial charge in [-0.1, -0.05) is 80.6 Å². The first-order chi connectivity index (χ1) is 16.8. The van der Waals surface area contributed by atoms with E-state index in [4.69, 9.17) is 4.74 Å². The van der Waals surface area contributed by atoms with E-state index in [-0.39, 0.29) is 18.4 Å². The number of rotatable bonds is 11. The molecule has 0 fully saturated rings. The van der Waals surface area contributed by atoms with Gasteiger partial charge in [-0.2, -0.15) is 0 Å². The van der Waals surface area contributed by atoms with Crippen LogP contribution in [0, 0.1) is 19.8 Å². The maximum atomic E-state index is 13.6. The van der Waals surface area contributed by atoms with Gasteiger partial charge in [0.1, 0.15) is 11.8 Å². The van der Waals surface area contributed by atoms with Crippen LogP contribution >= 0.6 is 0 Å². The Kier molecular flexibility index (Phi) is 9.47. The summed E-state index contributed by atoms with van der Waals surface area (Å²) >= 11 is 0. The van der Waals surface area contributed by atoms with Crippen molar-refractivity contribution in [3.63, 3.8) is 0 Å². The average Bonchev–Trinajstić information content (AvgIpc) is 2.84. The molecule has 3 aromatic carbocycles. The fourth-order valence-corrected chi connectivity index (χ4v) is 4.00. The Hall–Kier alpha value is -3.60. The summed E-state index contributed by atoms with van der Waals surface area (Å²) in [5.74, 6) is 0.578. The van der Waals surface area contributed by atoms with Crippen LogP contribution in [-0.4, -0.2) is 35.9 Å². The number of nitrogens with zero attached hydrogens (tertiary/aromatic N) is 1. The van der Waals surface area contributed by atoms with Gasteiger partial charge in [0.15, 0.2) is 6.61 Å². The van der Waals surface area contributed by atoms with Crippen LogP contribution in [0.4, 0.5) is 0 Å². The summed E-state index contributed by atoms with van der Waals surface area (Å²) in [6, 6.07) is 24.8. The quantitative estimate of drug-likeness (QED) is 0.423. The zero-order valence-corrected chi connectivity index (χ0v) is 21.2. The predicted molar refractivity (Wildman–Crippen MR) is 140 cm³/mol. The van der Waals surface area contributed by atoms with Gasteiger partial charge in [-0.15, -0.1) is 0 Å². The van der Waals surface area contributed by atoms with E-state index in [2.05, 4.69) is 25.2 Å². The van der Waals surface area contributed by atoms with Crippen molar-refractivity contribution in [1.29, 1.82) is 0 Å². The van der Waals surface area contributed by atoms with Crippen molar-refractivity contribution >= 4 is 11.8 Å². The Labute approximate surface area is 209 Å². The molecule has 0 saturated carbocycles. The standard InChI is InChI=1S/C30H36N2O3/c1-22(2)19-31-30(34)28(18-25-11-7-5-8-12-25)32(20-26-13-9-6-10-14-26)29(33)21-35-27-16-23(3)15-24(4)17-27/h5-17,22,28H,18-21H2,1-4H3,(H,31,34)/t28-/m1/s1. The first-order valence-corrected chi connectivity index (χ1v) is 12.2. The SMILES string of the molecule is Cc1cc(C)cc(OCC(=O)N(Cc2ccccc2)[C@H](Cc2ccccc2)C(=O)NCC(C)C)c1. The van der Waals surface area contributed by atoms with Crippen LogP contribution in [0.3, 0.4) is 0 Å². The molecule has 0 bridgehead atoms. The van der Waals surface area contributed by atoms with Gasteiger partial charge in [-0.05, 0) is 54.2 Å². The number of hydrogen-bond donors (Lipinski definition) is 1. The Morgan fingerprint density at radius 2 is 1.43 bits per heavy atom. The number of carbonyl (C=O) groups excluding carboxylic acids is 2. The molecule has 1 N–H and O–H groups in total. The van der Waals surface area contributed by atoms with E-state index in [0.29, 0.717) is 31.2 Å². The lowest BCUT2D eigenvalue weighted by atomic mass is 10.0. The molecule has 5 heteroatoms. The van der Waals surface area contributed by atoms with Crippen molar-refractivity contribution in [3.8, 4) is 5.75 Å². The van der Waals surface area contributed by atoms with Gasteiger partial charge in [0.25, 0.3) is 5.91 Å². The number of amides is 2. The number of aryl methyl sites for hydroxylation is 2. The highest BCUT2D eigenvalue weighted by atomic mass is 16.5. The second-order valence-electron chi connectivity index (χ2n) is 9.46. The Bertz CT molecular complexity index is 1080. The van der Waals surface area contributed by atoms with Gasteiger partial charge < -0.3 is 15.0 Å². The lowest BCUT2D eigenvalue weighted by Crippen LogP contribution is -2.52. The summed E-state index contributed by atoms with van der Waals surface area (Å²) in [6.45, 7) is 8.84. The fourth-order valence-electron chi connectivity index (χ4n) is 4.00. The molecule has 0 saturated heterocycles. The van der Waals surface area contributed by atoms with E-state index in [1.54, 1.807) is 4.90 Å². The summed E-state index contributed by atoms with van der Waals surface area (Å²) in [6.07, 6.45) is 0.424. The van der Waals surface area contributed by atoms with Gasteiger partial charge in [0, 0.05) is 19.5 Å². The molecule has 3 rings (SSSR count). The molecule has 0 heterocycles. The molecule has 3 aromatic rings. The normalized spacial score (nSPS) is 11.7. The third-order valence-electron chi connectivity index (χ3n) is 5.71. The number of carbonyl (C=O) groups is 2. The van der Waals surface area contributed by atoms with E-state index < -0.39 is 6.04 Å². The van der Waals surface area contributed by atoms with Crippen LogP contribution in [0.25, 0.3) is 0 Å². The van der Waals surface area contributed by atoms with E-state index >= 15 is 0 Å². The molecule has 0 aliphatic carbocycles. The van der Waals surface area contributed by atoms with Gasteiger partial charge >= 0.3 is 0 Å². The number of hydrogen-bond acceptors (Lipinski definition) is 3. The highest BCUT2D eigenvalue weighted by molar-refractivity contribution is 5.88. The predicted octanol–water partition coefficient (Wildman–Crippen LogP) is 5.09. The zero-order valence-electron chi connectivity index (χ0n) is 21.2. The summed E-state index contributed by atoms with van der Waals surface area (Å²) in [5.41, 5.74) is 4.10. The first kappa shape index (κ1) is 26.0. The topological polar surface area (TPSA) is 58.6 Å². The largest absolute Gasteiger partial charge is 0.484 e. The molecule has 0 unspecified atom stereocenters. The van der Waals surface area contributed by atoms with Crippen molar-refractivity contribution in [1.82, 2.24) is 10.2 Å². The zero-order chi connectivity index (χ0) is 25.2. The molecule has 0 aromatic heterocycles. The summed E-state index contributed by atoms with van der Waals surface area (Å²) in [7, 11) is 0. The molecule has 0 aliphatic heterocycles. The Balaban J connectivity index is 1.88. The molecule has 0 aliphatic rings. The summed E-state index contributed by atoms with van der Waals surface area (Å²) in [5, 5.41) is 3.04. The monoisotopic (exact) mass is 472 g/mol. The molecule has 0 radical (unpaired) electrons. The second-order valence-corrected chi connectivity index (χ2v) is 9.46. The van der Waals surface area contributed by atoms with Crippen molar-refractivity contribution in [2.45, 2.75) is 46.7 Å². The minimum atomic E-state index is -0.660. The van der Waals surface area contributed by atoms with Crippen LogP contribution in [0.5, 0.6) is 5.75 Å². The van der Waals surface area contributed by atoms with Gasteiger partial charge in [-0.25, -0.2) is 0 Å². The van der Waals surface area contributed by atoms with Gasteiger partial charge in [0.05, 0.1) is 0 Å². The lowest BCUT2D eigenvalue weighted by Gasteiger charge is -2.31. The highest BCUT2D eigenvalue weighted by Gasteiger charge is 2.30. The van der Waals surface area contributed by atoms with E-state index in [0.717, 1.165) is 22.3 Å². The van der Waals surface area contributed by atoms with Crippen molar-refractivity contribution in [2.24, 2.45) is 5.92 Å². The highest BCUT2D eigenvalue weighted by Crippen LogP contribution is 2.18. The smallest absolute Gasteiger partial charge is 0.261 e. The number of benzene rings is 3. The van der Waals surface area contributed by atoms with E-state index in [9.17, 15) is 9.59 Å². The molecule has 5 nitrogen and oxygen atoms in total. The van der Waals surface area contributed by atoms with Gasteiger partial charge in [-0.3, -0.25) is 9.59 Å². The molecule has 2 amide bonds. The maximum Gasteiger partial charge on any atom is 0.261 e. The van der Waals surface area contributed by atoms with Crippen LogP contribution in [0.1, 0.15) is 36.1 Å². The average molecular weight is 473 g/mol. The Morgan fingerprint density at radius 3 is 2.00 bits per heavy atom. The van der Waals surface area contributed by atoms with Crippen LogP contribution < -0.4 is 10.1 Å². The maximum absolute atomic E-state index is 13.6. The Morgan fingerprint density at radius 1 is 0.857 bits per heavy atom. The molecule has 1 atom stereocenters. The van der Waals surface area contributed by atoms with Crippen LogP contribution in [0.15, 0.2) is 78.9 Å². The first-order valence-electron chi connectivity index (χ1n) is 12.2. The number of nitrogens with one attached hydrogen (secondary N) is 1. The van der Waals surface area contributed by atoms with E-state index in [1.807, 2.05) is 86.6 Å². The number of ether oxygens (including phenoxy) is 1. The second kappa shape index (κ2) is 12.7. The molecule has 35 heavy (non-hydrogen) atoms. The van der Waals surface area contributed by atoms with Crippen LogP contribution in [-0.2, 0) is 22.6 Å². The molecule has 184 valence electrons. The van der Waals surface area contributed by atoms with Crippen molar-refractivity contribution < 1.29 is 14.3 Å². The molecular formula is C30H36N2O3. The third kappa shape index (κ3) is 8.29. The minimum absolute atomic E-state index is 0.140. The van der Waals surface area contributed by atoms with E-state index in [1.165, 1.54) is 0 Å². The summed E-state index contributed by atoms with van der Waals surface area (Å²) < 4.78 is 5.90. The van der Waals surface area contributed by atoms with Crippen molar-refractivity contribution in [2.75, 3.05) is 13.2 Å². The third-order valence-corrected chi connectivity index (χ3v) is 5.71. The minimum Gasteiger partial charge on any atom is -0.484 e. The molecule has 0 spiro atoms.